The van der Waals surface area contributed by atoms with Crippen LogP contribution in [0.15, 0.2) is 24.3 Å². The van der Waals surface area contributed by atoms with Crippen molar-refractivity contribution in [3.63, 3.8) is 0 Å². The number of nitrogens with two attached hydrogens (primary N) is 1. The molecule has 0 radical (unpaired) electrons. The normalized spacial score (nSPS) is 23.7. The highest BCUT2D eigenvalue weighted by molar-refractivity contribution is 5.34. The lowest BCUT2D eigenvalue weighted by Gasteiger charge is -2.33. The van der Waals surface area contributed by atoms with Gasteiger partial charge < -0.3 is 10.5 Å². The van der Waals surface area contributed by atoms with Crippen LogP contribution in [0.1, 0.15) is 49.7 Å². The lowest BCUT2D eigenvalue weighted by Crippen LogP contribution is -2.39. The molecule has 3 rings (SSSR count). The van der Waals surface area contributed by atoms with Gasteiger partial charge in [0.05, 0.1) is 13.2 Å². The van der Waals surface area contributed by atoms with E-state index in [1.165, 1.54) is 36.8 Å². The van der Waals surface area contributed by atoms with Crippen molar-refractivity contribution in [3.8, 4) is 0 Å². The van der Waals surface area contributed by atoms with E-state index in [4.69, 9.17) is 10.5 Å². The second-order valence-electron chi connectivity index (χ2n) is 6.62. The molecule has 3 heteroatoms. The second kappa shape index (κ2) is 6.91. The molecular formula is C18H28N2O. The Balaban J connectivity index is 1.80. The van der Waals surface area contributed by atoms with E-state index in [2.05, 4.69) is 29.2 Å². The highest BCUT2D eigenvalue weighted by atomic mass is 16.5. The molecule has 0 unspecified atom stereocenters. The minimum atomic E-state index is -0.112. The molecule has 116 valence electrons. The first-order valence-electron chi connectivity index (χ1n) is 8.45. The molecule has 1 aliphatic carbocycles. The Hall–Kier alpha value is -0.900. The van der Waals surface area contributed by atoms with E-state index in [0.717, 1.165) is 45.7 Å². The Bertz CT molecular complexity index is 446. The first-order chi connectivity index (χ1) is 10.3. The van der Waals surface area contributed by atoms with Gasteiger partial charge in [-0.2, -0.15) is 0 Å². The van der Waals surface area contributed by atoms with Gasteiger partial charge in [0.15, 0.2) is 0 Å². The van der Waals surface area contributed by atoms with Gasteiger partial charge in [-0.3, -0.25) is 4.90 Å². The Labute approximate surface area is 128 Å². The van der Waals surface area contributed by atoms with Crippen LogP contribution in [0.5, 0.6) is 0 Å². The fourth-order valence-corrected chi connectivity index (χ4v) is 3.77. The van der Waals surface area contributed by atoms with E-state index >= 15 is 0 Å². The molecule has 2 fully saturated rings. The molecule has 1 heterocycles. The van der Waals surface area contributed by atoms with Crippen molar-refractivity contribution in [2.45, 2.75) is 50.6 Å². The van der Waals surface area contributed by atoms with E-state index in [0.29, 0.717) is 0 Å². The zero-order chi connectivity index (χ0) is 14.5. The summed E-state index contributed by atoms with van der Waals surface area (Å²) in [6.07, 6.45) is 7.47. The van der Waals surface area contributed by atoms with Crippen LogP contribution in [-0.2, 0) is 16.8 Å². The average molecular weight is 288 g/mol. The van der Waals surface area contributed by atoms with Crippen LogP contribution < -0.4 is 5.73 Å². The molecule has 21 heavy (non-hydrogen) atoms. The first-order valence-corrected chi connectivity index (χ1v) is 8.45. The number of rotatable bonds is 3. The zero-order valence-electron chi connectivity index (χ0n) is 13.0. The maximum absolute atomic E-state index is 6.84. The smallest absolute Gasteiger partial charge is 0.0594 e. The molecule has 2 N–H and O–H groups in total. The molecule has 0 bridgehead atoms. The maximum atomic E-state index is 6.84. The van der Waals surface area contributed by atoms with Crippen LogP contribution >= 0.6 is 0 Å². The highest BCUT2D eigenvalue weighted by Crippen LogP contribution is 2.35. The third-order valence-electron chi connectivity index (χ3n) is 5.05. The SMILES string of the molecule is NC1(c2ccccc2CN2CCOCC2)CCCCCC1. The van der Waals surface area contributed by atoms with Crippen molar-refractivity contribution in [1.82, 2.24) is 4.90 Å². The summed E-state index contributed by atoms with van der Waals surface area (Å²) in [5, 5.41) is 0. The molecule has 0 atom stereocenters. The van der Waals surface area contributed by atoms with E-state index in [1.807, 2.05) is 0 Å². The largest absolute Gasteiger partial charge is 0.379 e. The molecule has 1 aromatic carbocycles. The quantitative estimate of drug-likeness (QED) is 0.869. The molecule has 1 aliphatic heterocycles. The van der Waals surface area contributed by atoms with E-state index in [1.54, 1.807) is 0 Å². The summed E-state index contributed by atoms with van der Waals surface area (Å²) in [6.45, 7) is 4.79. The molecule has 0 amide bonds. The second-order valence-corrected chi connectivity index (χ2v) is 6.62. The number of morpholine rings is 1. The van der Waals surface area contributed by atoms with Crippen LogP contribution in [0, 0.1) is 0 Å². The van der Waals surface area contributed by atoms with Gasteiger partial charge in [-0.15, -0.1) is 0 Å². The van der Waals surface area contributed by atoms with Gasteiger partial charge in [0.1, 0.15) is 0 Å². The van der Waals surface area contributed by atoms with Crippen molar-refractivity contribution in [2.75, 3.05) is 26.3 Å². The van der Waals surface area contributed by atoms with Gasteiger partial charge in [0.25, 0.3) is 0 Å². The molecule has 1 aromatic rings. The summed E-state index contributed by atoms with van der Waals surface area (Å²) in [6, 6.07) is 8.84. The van der Waals surface area contributed by atoms with E-state index in [9.17, 15) is 0 Å². The van der Waals surface area contributed by atoms with E-state index < -0.39 is 0 Å². The molecule has 0 spiro atoms. The van der Waals surface area contributed by atoms with Gasteiger partial charge in [-0.25, -0.2) is 0 Å². The summed E-state index contributed by atoms with van der Waals surface area (Å²) < 4.78 is 5.45. The van der Waals surface area contributed by atoms with Crippen LogP contribution in [0.25, 0.3) is 0 Å². The molecule has 0 aromatic heterocycles. The Morgan fingerprint density at radius 2 is 1.67 bits per heavy atom. The average Bonchev–Trinajstić information content (AvgIpc) is 2.74. The number of benzene rings is 1. The zero-order valence-corrected chi connectivity index (χ0v) is 13.0. The third-order valence-corrected chi connectivity index (χ3v) is 5.05. The van der Waals surface area contributed by atoms with E-state index in [-0.39, 0.29) is 5.54 Å². The molecule has 1 saturated carbocycles. The van der Waals surface area contributed by atoms with Crippen molar-refractivity contribution in [3.05, 3.63) is 35.4 Å². The Morgan fingerprint density at radius 3 is 2.38 bits per heavy atom. The fourth-order valence-electron chi connectivity index (χ4n) is 3.77. The predicted molar refractivity (Wildman–Crippen MR) is 86.1 cm³/mol. The maximum Gasteiger partial charge on any atom is 0.0594 e. The number of ether oxygens (including phenoxy) is 1. The van der Waals surface area contributed by atoms with Gasteiger partial charge in [-0.1, -0.05) is 49.9 Å². The van der Waals surface area contributed by atoms with Crippen molar-refractivity contribution in [1.29, 1.82) is 0 Å². The summed E-state index contributed by atoms with van der Waals surface area (Å²) >= 11 is 0. The Kier molecular flexibility index (Phi) is 4.94. The summed E-state index contributed by atoms with van der Waals surface area (Å²) in [5.74, 6) is 0. The predicted octanol–water partition coefficient (Wildman–Crippen LogP) is 3.03. The minimum absolute atomic E-state index is 0.112. The summed E-state index contributed by atoms with van der Waals surface area (Å²) in [5.41, 5.74) is 9.54. The van der Waals surface area contributed by atoms with Gasteiger partial charge in [0, 0.05) is 25.2 Å². The molecule has 3 nitrogen and oxygen atoms in total. The lowest BCUT2D eigenvalue weighted by atomic mass is 9.81. The van der Waals surface area contributed by atoms with Crippen LogP contribution in [0.2, 0.25) is 0 Å². The number of hydrogen-bond acceptors (Lipinski definition) is 3. The standard InChI is InChI=1S/C18H28N2O/c19-18(9-5-1-2-6-10-18)17-8-4-3-7-16(17)15-20-11-13-21-14-12-20/h3-4,7-8H,1-2,5-6,9-15,19H2. The molecular weight excluding hydrogens is 260 g/mol. The minimum Gasteiger partial charge on any atom is -0.379 e. The lowest BCUT2D eigenvalue weighted by molar-refractivity contribution is 0.0339. The van der Waals surface area contributed by atoms with Crippen LogP contribution in [0.3, 0.4) is 0 Å². The van der Waals surface area contributed by atoms with Crippen molar-refractivity contribution < 1.29 is 4.74 Å². The van der Waals surface area contributed by atoms with Gasteiger partial charge in [0.2, 0.25) is 0 Å². The molecule has 1 saturated heterocycles. The monoisotopic (exact) mass is 288 g/mol. The van der Waals surface area contributed by atoms with Gasteiger partial charge >= 0.3 is 0 Å². The topological polar surface area (TPSA) is 38.5 Å². The number of hydrogen-bond donors (Lipinski definition) is 1. The molecule has 2 aliphatic rings. The van der Waals surface area contributed by atoms with Gasteiger partial charge in [-0.05, 0) is 24.0 Å². The fraction of sp³-hybridized carbons (Fsp3) is 0.667. The van der Waals surface area contributed by atoms with Crippen LogP contribution in [-0.4, -0.2) is 31.2 Å². The summed E-state index contributed by atoms with van der Waals surface area (Å²) in [7, 11) is 0. The highest BCUT2D eigenvalue weighted by Gasteiger charge is 2.30. The third kappa shape index (κ3) is 3.65. The Morgan fingerprint density at radius 1 is 1.00 bits per heavy atom. The van der Waals surface area contributed by atoms with Crippen molar-refractivity contribution in [2.24, 2.45) is 5.73 Å². The van der Waals surface area contributed by atoms with Crippen LogP contribution in [0.4, 0.5) is 0 Å². The number of nitrogens with zero attached hydrogens (tertiary/aromatic N) is 1. The first kappa shape index (κ1) is 15.0. The van der Waals surface area contributed by atoms with Crippen molar-refractivity contribution >= 4 is 0 Å². The summed E-state index contributed by atoms with van der Waals surface area (Å²) in [4.78, 5) is 2.49.